The molecular weight excluding hydrogens is 644 g/mol. The van der Waals surface area contributed by atoms with Crippen molar-refractivity contribution in [1.82, 2.24) is 20.3 Å². The van der Waals surface area contributed by atoms with Crippen molar-refractivity contribution >= 4 is 21.8 Å². The van der Waals surface area contributed by atoms with Crippen LogP contribution in [0.2, 0.25) is 0 Å². The molecule has 0 saturated carbocycles. The average Bonchev–Trinajstić information content (AvgIpc) is 3.02. The zero-order chi connectivity index (χ0) is 36.6. The lowest BCUT2D eigenvalue weighted by Gasteiger charge is -2.35. The lowest BCUT2D eigenvalue weighted by Crippen LogP contribution is -2.59. The molecule has 9 nitrogen and oxygen atoms in total. The number of aliphatic hydroxyl groups is 1. The molecule has 0 heterocycles. The SMILES string of the molecule is Cc1ccc(S(=O)(=O)N(CC(C)C)C[C@@H](O)[C@H](Cc2ccccc2)NC(=O)[C@@H](NC(=O)CNC(C)(C)c2cccc(F)c2)C(C)(C)C)cc1. The molecule has 0 aromatic heterocycles. The summed E-state index contributed by atoms with van der Waals surface area (Å²) in [6.07, 6.45) is -1.06. The number of nitrogens with one attached hydrogen (secondary N) is 3. The first-order chi connectivity index (χ1) is 22.8. The second-order valence-corrected chi connectivity index (χ2v) is 16.7. The van der Waals surface area contributed by atoms with Gasteiger partial charge in [0.15, 0.2) is 0 Å². The summed E-state index contributed by atoms with van der Waals surface area (Å²) in [5.41, 5.74) is 0.970. The molecule has 3 aromatic carbocycles. The Morgan fingerprint density at radius 1 is 0.878 bits per heavy atom. The fraction of sp³-hybridized carbons (Fsp3) is 0.474. The van der Waals surface area contributed by atoms with Crippen LogP contribution in [0.15, 0.2) is 83.8 Å². The van der Waals surface area contributed by atoms with Crippen molar-refractivity contribution in [2.24, 2.45) is 11.3 Å². The molecule has 3 rings (SSSR count). The van der Waals surface area contributed by atoms with Gasteiger partial charge in [0.2, 0.25) is 21.8 Å². The molecule has 0 aliphatic rings. The summed E-state index contributed by atoms with van der Waals surface area (Å²) < 4.78 is 42.7. The Morgan fingerprint density at radius 2 is 1.51 bits per heavy atom. The van der Waals surface area contributed by atoms with E-state index in [0.717, 1.165) is 11.1 Å². The van der Waals surface area contributed by atoms with E-state index in [4.69, 9.17) is 0 Å². The largest absolute Gasteiger partial charge is 0.390 e. The number of benzene rings is 3. The molecule has 11 heteroatoms. The van der Waals surface area contributed by atoms with Crippen LogP contribution >= 0.6 is 0 Å². The number of aryl methyl sites for hydroxylation is 1. The minimum absolute atomic E-state index is 0.0328. The van der Waals surface area contributed by atoms with Crippen molar-refractivity contribution in [3.63, 3.8) is 0 Å². The molecule has 0 fully saturated rings. The van der Waals surface area contributed by atoms with Gasteiger partial charge in [0.25, 0.3) is 0 Å². The summed E-state index contributed by atoms with van der Waals surface area (Å²) in [7, 11) is -3.96. The van der Waals surface area contributed by atoms with E-state index in [0.29, 0.717) is 5.56 Å². The van der Waals surface area contributed by atoms with Crippen LogP contribution in [0, 0.1) is 24.1 Å². The second-order valence-electron chi connectivity index (χ2n) is 14.8. The predicted octanol–water partition coefficient (Wildman–Crippen LogP) is 4.93. The lowest BCUT2D eigenvalue weighted by molar-refractivity contribution is -0.132. The number of hydrogen-bond donors (Lipinski definition) is 4. The van der Waals surface area contributed by atoms with Crippen molar-refractivity contribution < 1.29 is 27.5 Å². The predicted molar refractivity (Wildman–Crippen MR) is 192 cm³/mol. The third-order valence-electron chi connectivity index (χ3n) is 8.38. The van der Waals surface area contributed by atoms with Crippen LogP contribution in [0.25, 0.3) is 0 Å². The molecule has 3 aromatic rings. The fourth-order valence-corrected chi connectivity index (χ4v) is 7.08. The van der Waals surface area contributed by atoms with Crippen molar-refractivity contribution in [3.05, 3.63) is 101 Å². The molecule has 0 aliphatic carbocycles. The molecule has 2 amide bonds. The van der Waals surface area contributed by atoms with E-state index in [1.165, 1.54) is 16.4 Å². The number of rotatable bonds is 16. The number of nitrogens with zero attached hydrogens (tertiary/aromatic N) is 1. The van der Waals surface area contributed by atoms with Crippen LogP contribution in [-0.4, -0.2) is 67.5 Å². The molecule has 49 heavy (non-hydrogen) atoms. The molecule has 0 unspecified atom stereocenters. The normalized spacial score (nSPS) is 14.4. The Bertz CT molecular complexity index is 1640. The second kappa shape index (κ2) is 16.8. The minimum atomic E-state index is -3.96. The van der Waals surface area contributed by atoms with E-state index < -0.39 is 51.0 Å². The Hall–Kier alpha value is -3.64. The van der Waals surface area contributed by atoms with Crippen LogP contribution < -0.4 is 16.0 Å². The topological polar surface area (TPSA) is 128 Å². The van der Waals surface area contributed by atoms with E-state index in [-0.39, 0.29) is 42.7 Å². The number of halogens is 1. The van der Waals surface area contributed by atoms with E-state index in [9.17, 15) is 27.5 Å². The van der Waals surface area contributed by atoms with Gasteiger partial charge < -0.3 is 15.7 Å². The zero-order valence-electron chi connectivity index (χ0n) is 30.0. The quantitative estimate of drug-likeness (QED) is 0.168. The van der Waals surface area contributed by atoms with Gasteiger partial charge in [-0.3, -0.25) is 14.9 Å². The number of carbonyl (C=O) groups excluding carboxylic acids is 2. The molecule has 0 radical (unpaired) electrons. The highest BCUT2D eigenvalue weighted by atomic mass is 32.2. The van der Waals surface area contributed by atoms with E-state index in [1.807, 2.05) is 85.7 Å². The van der Waals surface area contributed by atoms with Gasteiger partial charge in [0.05, 0.1) is 23.6 Å². The molecule has 4 N–H and O–H groups in total. The standard InChI is InChI=1S/C38H53FN4O5S/c1-26(2)24-43(49(47,48)31-19-17-27(3)18-20-31)25-33(44)32(21-28-13-10-9-11-14-28)41-36(46)35(37(4,5)6)42-34(45)23-40-38(7,8)29-15-12-16-30(39)22-29/h9-20,22,26,32-33,35,40,44H,21,23-25H2,1-8H3,(H,41,46)(H,42,45)/t32-,33+,35+/m0/s1. The highest BCUT2D eigenvalue weighted by molar-refractivity contribution is 7.89. The Kier molecular flexibility index (Phi) is 13.7. The third-order valence-corrected chi connectivity index (χ3v) is 10.2. The number of hydrogen-bond acceptors (Lipinski definition) is 6. The molecule has 0 bridgehead atoms. The molecular formula is C38H53FN4O5S. The van der Waals surface area contributed by atoms with Crippen molar-refractivity contribution in [3.8, 4) is 0 Å². The van der Waals surface area contributed by atoms with Gasteiger partial charge in [-0.05, 0) is 73.9 Å². The maximum atomic E-state index is 14.0. The van der Waals surface area contributed by atoms with Gasteiger partial charge >= 0.3 is 0 Å². The third kappa shape index (κ3) is 11.7. The average molecular weight is 697 g/mol. The van der Waals surface area contributed by atoms with Gasteiger partial charge in [-0.15, -0.1) is 0 Å². The summed E-state index contributed by atoms with van der Waals surface area (Å²) in [5, 5.41) is 20.6. The number of amides is 2. The number of carbonyl (C=O) groups is 2. The Labute approximate surface area is 291 Å². The first-order valence-corrected chi connectivity index (χ1v) is 18.1. The molecule has 268 valence electrons. The monoisotopic (exact) mass is 696 g/mol. The smallest absolute Gasteiger partial charge is 0.243 e. The first kappa shape index (κ1) is 39.8. The van der Waals surface area contributed by atoms with Gasteiger partial charge in [-0.2, -0.15) is 4.31 Å². The molecule has 0 spiro atoms. The molecule has 0 saturated heterocycles. The van der Waals surface area contributed by atoms with Crippen LogP contribution in [-0.2, 0) is 31.6 Å². The minimum Gasteiger partial charge on any atom is -0.390 e. The summed E-state index contributed by atoms with van der Waals surface area (Å²) in [6, 6.07) is 20.1. The highest BCUT2D eigenvalue weighted by Gasteiger charge is 2.37. The van der Waals surface area contributed by atoms with E-state index in [1.54, 1.807) is 36.4 Å². The molecule has 0 aliphatic heterocycles. The highest BCUT2D eigenvalue weighted by Crippen LogP contribution is 2.23. The summed E-state index contributed by atoms with van der Waals surface area (Å²) in [5.74, 6) is -1.36. The summed E-state index contributed by atoms with van der Waals surface area (Å²) >= 11 is 0. The van der Waals surface area contributed by atoms with Crippen molar-refractivity contribution in [1.29, 1.82) is 0 Å². The van der Waals surface area contributed by atoms with Gasteiger partial charge in [-0.25, -0.2) is 12.8 Å². The van der Waals surface area contributed by atoms with E-state index in [2.05, 4.69) is 16.0 Å². The van der Waals surface area contributed by atoms with Crippen LogP contribution in [0.4, 0.5) is 4.39 Å². The van der Waals surface area contributed by atoms with Gasteiger partial charge in [-0.1, -0.05) is 94.8 Å². The first-order valence-electron chi connectivity index (χ1n) is 16.7. The number of aliphatic hydroxyl groups excluding tert-OH is 1. The van der Waals surface area contributed by atoms with Crippen molar-refractivity contribution in [2.45, 2.75) is 90.4 Å². The van der Waals surface area contributed by atoms with Crippen LogP contribution in [0.1, 0.15) is 65.2 Å². The Morgan fingerprint density at radius 3 is 2.08 bits per heavy atom. The van der Waals surface area contributed by atoms with Crippen LogP contribution in [0.3, 0.4) is 0 Å². The maximum Gasteiger partial charge on any atom is 0.243 e. The maximum absolute atomic E-state index is 14.0. The molecule has 3 atom stereocenters. The summed E-state index contributed by atoms with van der Waals surface area (Å²) in [4.78, 5) is 27.3. The van der Waals surface area contributed by atoms with E-state index >= 15 is 0 Å². The van der Waals surface area contributed by atoms with Crippen LogP contribution in [0.5, 0.6) is 0 Å². The lowest BCUT2D eigenvalue weighted by atomic mass is 9.85. The fourth-order valence-electron chi connectivity index (χ4n) is 5.46. The van der Waals surface area contributed by atoms with Gasteiger partial charge in [0.1, 0.15) is 11.9 Å². The summed E-state index contributed by atoms with van der Waals surface area (Å²) in [6.45, 7) is 14.6. The number of sulfonamides is 1. The van der Waals surface area contributed by atoms with Gasteiger partial charge in [0, 0.05) is 18.6 Å². The zero-order valence-corrected chi connectivity index (χ0v) is 30.8. The van der Waals surface area contributed by atoms with Crippen molar-refractivity contribution in [2.75, 3.05) is 19.6 Å². The Balaban J connectivity index is 1.83.